The number of amides is 2. The maximum Gasteiger partial charge on any atom is 0.408 e. The average Bonchev–Trinajstić information content (AvgIpc) is 3.26. The first-order valence-corrected chi connectivity index (χ1v) is 22.6. The molecule has 3 aromatic carbocycles. The van der Waals surface area contributed by atoms with Crippen LogP contribution in [0.4, 0.5) is 4.79 Å². The number of unbranched alkanes of at least 4 members (excludes halogenated alkanes) is 9. The van der Waals surface area contributed by atoms with Crippen LogP contribution >= 0.6 is 0 Å². The van der Waals surface area contributed by atoms with E-state index in [0.717, 1.165) is 36.0 Å². The van der Waals surface area contributed by atoms with Crippen molar-refractivity contribution < 1.29 is 42.9 Å². The number of carbonyl (C=O) groups excluding carboxylic acids is 5. The molecule has 0 radical (unpaired) electrons. The summed E-state index contributed by atoms with van der Waals surface area (Å²) >= 11 is 0. The number of esters is 3. The molecule has 2 amide bonds. The Labute approximate surface area is 369 Å². The first kappa shape index (κ1) is 51.1. The van der Waals surface area contributed by atoms with Crippen molar-refractivity contribution in [2.45, 2.75) is 168 Å². The molecule has 3 rings (SSSR count). The first-order valence-electron chi connectivity index (χ1n) is 22.6. The minimum Gasteiger partial charge on any atom is -0.460 e. The topological polar surface area (TPSA) is 158 Å². The highest BCUT2D eigenvalue weighted by molar-refractivity contribution is 5.85. The molecule has 0 aliphatic carbocycles. The zero-order valence-corrected chi connectivity index (χ0v) is 37.5. The van der Waals surface area contributed by atoms with E-state index in [9.17, 15) is 24.0 Å². The van der Waals surface area contributed by atoms with E-state index in [1.807, 2.05) is 91.0 Å². The van der Waals surface area contributed by atoms with Crippen molar-refractivity contribution in [1.29, 1.82) is 0 Å². The molecule has 3 atom stereocenters. The van der Waals surface area contributed by atoms with Gasteiger partial charge in [0.2, 0.25) is 5.91 Å². The normalized spacial score (nSPS) is 12.6. The van der Waals surface area contributed by atoms with Crippen LogP contribution in [0.15, 0.2) is 91.0 Å². The molecule has 12 heteroatoms. The molecule has 62 heavy (non-hydrogen) atoms. The van der Waals surface area contributed by atoms with Crippen LogP contribution < -0.4 is 16.0 Å². The molecule has 3 N–H and O–H groups in total. The van der Waals surface area contributed by atoms with Crippen LogP contribution in [0.25, 0.3) is 0 Å². The van der Waals surface area contributed by atoms with Crippen molar-refractivity contribution in [1.82, 2.24) is 16.0 Å². The molecule has 0 heterocycles. The molecule has 0 spiro atoms. The number of benzene rings is 3. The summed E-state index contributed by atoms with van der Waals surface area (Å²) in [5.74, 6) is -2.21. The summed E-state index contributed by atoms with van der Waals surface area (Å²) in [6.07, 6.45) is 11.6. The average molecular weight is 858 g/mol. The van der Waals surface area contributed by atoms with Gasteiger partial charge >= 0.3 is 24.0 Å². The largest absolute Gasteiger partial charge is 0.460 e. The molecule has 0 fully saturated rings. The second-order valence-corrected chi connectivity index (χ2v) is 16.8. The summed E-state index contributed by atoms with van der Waals surface area (Å²) in [4.78, 5) is 66.5. The number of hydrogen-bond acceptors (Lipinski definition) is 10. The number of hydrogen-bond donors (Lipinski definition) is 3. The molecule has 0 saturated carbocycles. The maximum absolute atomic E-state index is 13.6. The Hall–Kier alpha value is -5.23. The maximum atomic E-state index is 13.6. The van der Waals surface area contributed by atoms with E-state index in [1.54, 1.807) is 20.8 Å². The minimum atomic E-state index is -1.09. The van der Waals surface area contributed by atoms with Crippen molar-refractivity contribution in [2.24, 2.45) is 0 Å². The third kappa shape index (κ3) is 23.1. The van der Waals surface area contributed by atoms with Crippen LogP contribution in [0, 0.1) is 0 Å². The summed E-state index contributed by atoms with van der Waals surface area (Å²) in [5, 5.41) is 8.76. The van der Waals surface area contributed by atoms with Crippen molar-refractivity contribution in [3.8, 4) is 0 Å². The van der Waals surface area contributed by atoms with E-state index in [1.165, 1.54) is 44.9 Å². The van der Waals surface area contributed by atoms with E-state index in [0.29, 0.717) is 6.54 Å². The smallest absolute Gasteiger partial charge is 0.408 e. The predicted molar refractivity (Wildman–Crippen MR) is 241 cm³/mol. The lowest BCUT2D eigenvalue weighted by atomic mass is 10.0. The third-order valence-corrected chi connectivity index (χ3v) is 10.1. The van der Waals surface area contributed by atoms with Gasteiger partial charge in [0, 0.05) is 6.42 Å². The highest BCUT2D eigenvalue weighted by atomic mass is 16.6. The molecular formula is C50H71N3O9. The molecule has 3 aromatic rings. The van der Waals surface area contributed by atoms with Gasteiger partial charge in [-0.2, -0.15) is 0 Å². The van der Waals surface area contributed by atoms with Gasteiger partial charge in [-0.25, -0.2) is 14.4 Å². The SMILES string of the molecule is CCCCCCCCCCCCN[C@H](CCC(=O)NC(CCCC(NC(=O)OC(C)(C)C)C(=O)OCc1ccccc1)C(=O)OCc1ccccc1)C(=O)OCc1ccccc1. The van der Waals surface area contributed by atoms with Gasteiger partial charge in [0.15, 0.2) is 0 Å². The fourth-order valence-electron chi connectivity index (χ4n) is 6.70. The lowest BCUT2D eigenvalue weighted by Crippen LogP contribution is -2.45. The minimum absolute atomic E-state index is 0.00110. The van der Waals surface area contributed by atoms with Gasteiger partial charge in [-0.05, 0) is 76.1 Å². The Morgan fingerprint density at radius 2 is 0.903 bits per heavy atom. The molecule has 0 aliphatic rings. The van der Waals surface area contributed by atoms with Gasteiger partial charge in [-0.1, -0.05) is 156 Å². The highest BCUT2D eigenvalue weighted by Crippen LogP contribution is 2.15. The quantitative estimate of drug-likeness (QED) is 0.0335. The van der Waals surface area contributed by atoms with Gasteiger partial charge in [0.1, 0.15) is 43.5 Å². The van der Waals surface area contributed by atoms with E-state index < -0.39 is 53.6 Å². The van der Waals surface area contributed by atoms with Crippen molar-refractivity contribution in [2.75, 3.05) is 6.54 Å². The van der Waals surface area contributed by atoms with Crippen LogP contribution in [0.2, 0.25) is 0 Å². The monoisotopic (exact) mass is 858 g/mol. The van der Waals surface area contributed by atoms with E-state index >= 15 is 0 Å². The van der Waals surface area contributed by atoms with Crippen LogP contribution in [0.1, 0.15) is 141 Å². The Balaban J connectivity index is 1.63. The summed E-state index contributed by atoms with van der Waals surface area (Å²) in [6.45, 7) is 8.09. The number of alkyl carbamates (subject to hydrolysis) is 1. The fraction of sp³-hybridized carbons (Fsp3) is 0.540. The Morgan fingerprint density at radius 3 is 1.34 bits per heavy atom. The lowest BCUT2D eigenvalue weighted by molar-refractivity contribution is -0.150. The fourth-order valence-corrected chi connectivity index (χ4v) is 6.70. The van der Waals surface area contributed by atoms with Gasteiger partial charge in [0.25, 0.3) is 0 Å². The lowest BCUT2D eigenvalue weighted by Gasteiger charge is -2.24. The Morgan fingerprint density at radius 1 is 0.500 bits per heavy atom. The molecule has 0 aromatic heterocycles. The molecule has 0 bridgehead atoms. The van der Waals surface area contributed by atoms with Gasteiger partial charge in [0.05, 0.1) is 0 Å². The summed E-state index contributed by atoms with van der Waals surface area (Å²) in [5.41, 5.74) is 1.61. The van der Waals surface area contributed by atoms with Crippen LogP contribution in [-0.2, 0) is 57.9 Å². The van der Waals surface area contributed by atoms with E-state index in [4.69, 9.17) is 18.9 Å². The molecule has 0 aliphatic heterocycles. The standard InChI is InChI=1S/C50H71N3O9/c1-5-6-7-8-9-10-11-12-13-23-35-51-42(46(55)59-36-39-25-17-14-18-26-39)33-34-45(54)52-43(47(56)60-37-40-27-19-15-20-28-40)31-24-32-44(53-49(58)62-50(2,3)4)48(57)61-38-41-29-21-16-22-30-41/h14-22,25-30,42-44,51H,5-13,23-24,31-38H2,1-4H3,(H,52,54)(H,53,58)/t42-,43?,44?/m1/s1. The zero-order chi connectivity index (χ0) is 44.8. The Kier molecular flexibility index (Phi) is 24.7. The molecule has 0 saturated heterocycles. The van der Waals surface area contributed by atoms with Gasteiger partial charge < -0.3 is 34.9 Å². The van der Waals surface area contributed by atoms with Gasteiger partial charge in [-0.15, -0.1) is 0 Å². The first-order chi connectivity index (χ1) is 29.9. The van der Waals surface area contributed by atoms with Crippen LogP contribution in [-0.4, -0.2) is 60.2 Å². The molecule has 12 nitrogen and oxygen atoms in total. The Bertz CT molecular complexity index is 1720. The van der Waals surface area contributed by atoms with Gasteiger partial charge in [-0.3, -0.25) is 9.59 Å². The summed E-state index contributed by atoms with van der Waals surface area (Å²) < 4.78 is 22.3. The van der Waals surface area contributed by atoms with E-state index in [-0.39, 0.29) is 51.9 Å². The van der Waals surface area contributed by atoms with Crippen LogP contribution in [0.5, 0.6) is 0 Å². The summed E-state index contributed by atoms with van der Waals surface area (Å²) in [7, 11) is 0. The molecule has 2 unspecified atom stereocenters. The molecule has 340 valence electrons. The van der Waals surface area contributed by atoms with Crippen LogP contribution in [0.3, 0.4) is 0 Å². The third-order valence-electron chi connectivity index (χ3n) is 10.1. The number of carbonyl (C=O) groups is 5. The summed E-state index contributed by atoms with van der Waals surface area (Å²) in [6, 6.07) is 24.9. The molecular weight excluding hydrogens is 787 g/mol. The number of rotatable bonds is 30. The second kappa shape index (κ2) is 29.9. The van der Waals surface area contributed by atoms with Crippen molar-refractivity contribution in [3.63, 3.8) is 0 Å². The number of ether oxygens (including phenoxy) is 4. The van der Waals surface area contributed by atoms with E-state index in [2.05, 4.69) is 22.9 Å². The van der Waals surface area contributed by atoms with Crippen molar-refractivity contribution in [3.05, 3.63) is 108 Å². The van der Waals surface area contributed by atoms with Crippen molar-refractivity contribution >= 4 is 29.9 Å². The zero-order valence-electron chi connectivity index (χ0n) is 37.5. The predicted octanol–water partition coefficient (Wildman–Crippen LogP) is 9.42. The highest BCUT2D eigenvalue weighted by Gasteiger charge is 2.29. The number of nitrogens with one attached hydrogen (secondary N) is 3. The second-order valence-electron chi connectivity index (χ2n) is 16.8.